The average molecular weight is 368 g/mol. The summed E-state index contributed by atoms with van der Waals surface area (Å²) >= 11 is 0. The number of benzene rings is 1. The fraction of sp³-hybridized carbons (Fsp3) is 0.565. The van der Waals surface area contributed by atoms with Crippen molar-refractivity contribution in [1.29, 1.82) is 0 Å². The van der Waals surface area contributed by atoms with E-state index in [-0.39, 0.29) is 0 Å². The maximum atomic E-state index is 6.07. The van der Waals surface area contributed by atoms with Crippen LogP contribution in [0.15, 0.2) is 41.2 Å². The van der Waals surface area contributed by atoms with E-state index in [0.717, 1.165) is 36.3 Å². The van der Waals surface area contributed by atoms with Crippen molar-refractivity contribution in [3.8, 4) is 11.1 Å². The van der Waals surface area contributed by atoms with Gasteiger partial charge in [0.15, 0.2) is 0 Å². The van der Waals surface area contributed by atoms with Gasteiger partial charge in [-0.25, -0.2) is 0 Å². The molecular formula is C23H33N3O. The van der Waals surface area contributed by atoms with Gasteiger partial charge < -0.3 is 20.0 Å². The average Bonchev–Trinajstić information content (AvgIpc) is 3.20. The molecule has 2 aromatic rings. The lowest BCUT2D eigenvalue weighted by Crippen LogP contribution is -2.46. The minimum atomic E-state index is 0.748. The van der Waals surface area contributed by atoms with Crippen LogP contribution in [0.4, 0.5) is 11.4 Å². The van der Waals surface area contributed by atoms with Gasteiger partial charge in [-0.1, -0.05) is 19.8 Å². The number of nitrogen functional groups attached to an aromatic ring is 1. The van der Waals surface area contributed by atoms with E-state index >= 15 is 0 Å². The van der Waals surface area contributed by atoms with Crippen LogP contribution in [0.2, 0.25) is 0 Å². The molecule has 146 valence electrons. The van der Waals surface area contributed by atoms with Crippen LogP contribution in [-0.2, 0) is 0 Å². The predicted octanol–water partition coefficient (Wildman–Crippen LogP) is 5.01. The van der Waals surface area contributed by atoms with Crippen molar-refractivity contribution in [2.45, 2.75) is 51.5 Å². The van der Waals surface area contributed by atoms with Gasteiger partial charge >= 0.3 is 0 Å². The van der Waals surface area contributed by atoms with Gasteiger partial charge in [-0.3, -0.25) is 0 Å². The van der Waals surface area contributed by atoms with Crippen molar-refractivity contribution in [3.63, 3.8) is 0 Å². The number of likely N-dealkylation sites (tertiary alicyclic amines) is 1. The zero-order chi connectivity index (χ0) is 18.6. The van der Waals surface area contributed by atoms with Gasteiger partial charge in [0.25, 0.3) is 0 Å². The molecule has 0 amide bonds. The molecule has 0 saturated carbocycles. The van der Waals surface area contributed by atoms with Crippen LogP contribution in [0.1, 0.15) is 45.4 Å². The van der Waals surface area contributed by atoms with Crippen LogP contribution >= 0.6 is 0 Å². The molecule has 1 unspecified atom stereocenters. The lowest BCUT2D eigenvalue weighted by Gasteiger charge is -2.41. The predicted molar refractivity (Wildman–Crippen MR) is 113 cm³/mol. The highest BCUT2D eigenvalue weighted by atomic mass is 16.3. The molecule has 3 heterocycles. The van der Waals surface area contributed by atoms with Crippen molar-refractivity contribution < 1.29 is 4.42 Å². The monoisotopic (exact) mass is 367 g/mol. The quantitative estimate of drug-likeness (QED) is 0.775. The number of hydrogen-bond acceptors (Lipinski definition) is 4. The van der Waals surface area contributed by atoms with Crippen molar-refractivity contribution in [2.75, 3.05) is 36.8 Å². The first-order valence-electron chi connectivity index (χ1n) is 10.6. The van der Waals surface area contributed by atoms with Gasteiger partial charge in [-0.05, 0) is 69.0 Å². The zero-order valence-corrected chi connectivity index (χ0v) is 16.6. The second-order valence-corrected chi connectivity index (χ2v) is 8.43. The van der Waals surface area contributed by atoms with Gasteiger partial charge in [0.05, 0.1) is 12.5 Å². The lowest BCUT2D eigenvalue weighted by molar-refractivity contribution is 0.144. The topological polar surface area (TPSA) is 45.6 Å². The van der Waals surface area contributed by atoms with E-state index in [9.17, 15) is 0 Å². The summed E-state index contributed by atoms with van der Waals surface area (Å²) in [5.74, 6) is 0.889. The number of furan rings is 1. The summed E-state index contributed by atoms with van der Waals surface area (Å²) in [5.41, 5.74) is 10.4. The molecule has 2 saturated heterocycles. The Labute approximate surface area is 163 Å². The second-order valence-electron chi connectivity index (χ2n) is 8.43. The summed E-state index contributed by atoms with van der Waals surface area (Å²) in [4.78, 5) is 5.32. The number of nitrogens with two attached hydrogens (primary N) is 1. The normalized spacial score (nSPS) is 23.1. The molecule has 1 aromatic heterocycles. The third kappa shape index (κ3) is 4.32. The van der Waals surface area contributed by atoms with E-state index in [4.69, 9.17) is 10.2 Å². The fourth-order valence-corrected chi connectivity index (χ4v) is 4.77. The molecule has 2 fully saturated rings. The molecule has 1 aromatic carbocycles. The Morgan fingerprint density at radius 1 is 0.963 bits per heavy atom. The first-order chi connectivity index (χ1) is 13.2. The minimum Gasteiger partial charge on any atom is -0.472 e. The summed E-state index contributed by atoms with van der Waals surface area (Å²) < 4.78 is 5.31. The molecule has 2 aliphatic heterocycles. The van der Waals surface area contributed by atoms with Crippen LogP contribution in [0.25, 0.3) is 11.1 Å². The molecule has 4 nitrogen and oxygen atoms in total. The summed E-state index contributed by atoms with van der Waals surface area (Å²) in [5, 5.41) is 0. The van der Waals surface area contributed by atoms with Gasteiger partial charge in [0, 0.05) is 41.6 Å². The van der Waals surface area contributed by atoms with Gasteiger partial charge in [-0.2, -0.15) is 0 Å². The Morgan fingerprint density at radius 2 is 1.81 bits per heavy atom. The van der Waals surface area contributed by atoms with Crippen LogP contribution in [0, 0.1) is 5.92 Å². The van der Waals surface area contributed by atoms with Crippen LogP contribution in [0.5, 0.6) is 0 Å². The molecule has 0 spiro atoms. The number of rotatable bonds is 3. The summed E-state index contributed by atoms with van der Waals surface area (Å²) in [6.07, 6.45) is 11.6. The highest BCUT2D eigenvalue weighted by Gasteiger charge is 2.26. The van der Waals surface area contributed by atoms with E-state index in [1.54, 1.807) is 6.26 Å². The molecule has 2 aliphatic rings. The van der Waals surface area contributed by atoms with E-state index in [1.165, 1.54) is 62.9 Å². The molecule has 27 heavy (non-hydrogen) atoms. The highest BCUT2D eigenvalue weighted by Crippen LogP contribution is 2.35. The third-order valence-electron chi connectivity index (χ3n) is 6.48. The Morgan fingerprint density at radius 3 is 2.59 bits per heavy atom. The van der Waals surface area contributed by atoms with Crippen molar-refractivity contribution in [1.82, 2.24) is 4.90 Å². The van der Waals surface area contributed by atoms with Gasteiger partial charge in [0.1, 0.15) is 0 Å². The molecular weight excluding hydrogens is 334 g/mol. The highest BCUT2D eigenvalue weighted by molar-refractivity contribution is 5.81. The maximum Gasteiger partial charge on any atom is 0.0981 e. The van der Waals surface area contributed by atoms with Gasteiger partial charge in [0.2, 0.25) is 0 Å². The number of anilines is 2. The molecule has 0 radical (unpaired) electrons. The van der Waals surface area contributed by atoms with Crippen molar-refractivity contribution in [3.05, 3.63) is 36.8 Å². The molecule has 4 rings (SSSR count). The van der Waals surface area contributed by atoms with Crippen LogP contribution in [0.3, 0.4) is 0 Å². The Bertz CT molecular complexity index is 719. The largest absolute Gasteiger partial charge is 0.472 e. The molecule has 4 heteroatoms. The standard InChI is InChI=1S/C23H33N3O/c1-18-4-2-3-11-25(12-7-18)21-8-13-26(14-9-21)23-6-5-20(24)16-22(23)19-10-15-27-17-19/h5-6,10,15-18,21H,2-4,7-9,11-14,24H2,1H3. The molecule has 0 aliphatic carbocycles. The third-order valence-corrected chi connectivity index (χ3v) is 6.48. The first kappa shape index (κ1) is 18.4. The Balaban J connectivity index is 1.44. The first-order valence-corrected chi connectivity index (χ1v) is 10.6. The molecule has 1 atom stereocenters. The fourth-order valence-electron chi connectivity index (χ4n) is 4.77. The second kappa shape index (κ2) is 8.39. The summed E-state index contributed by atoms with van der Waals surface area (Å²) in [6.45, 7) is 7.23. The van der Waals surface area contributed by atoms with E-state index in [2.05, 4.69) is 28.9 Å². The number of hydrogen-bond donors (Lipinski definition) is 1. The summed E-state index contributed by atoms with van der Waals surface area (Å²) in [7, 11) is 0. The van der Waals surface area contributed by atoms with Gasteiger partial charge in [-0.15, -0.1) is 0 Å². The smallest absolute Gasteiger partial charge is 0.0981 e. The minimum absolute atomic E-state index is 0.748. The Hall–Kier alpha value is -1.94. The van der Waals surface area contributed by atoms with Crippen LogP contribution < -0.4 is 10.6 Å². The maximum absolute atomic E-state index is 6.07. The summed E-state index contributed by atoms with van der Waals surface area (Å²) in [6, 6.07) is 9.04. The lowest BCUT2D eigenvalue weighted by atomic mass is 9.95. The van der Waals surface area contributed by atoms with Crippen molar-refractivity contribution in [2.24, 2.45) is 5.92 Å². The zero-order valence-electron chi connectivity index (χ0n) is 16.6. The molecule has 2 N–H and O–H groups in total. The van der Waals surface area contributed by atoms with Crippen LogP contribution in [-0.4, -0.2) is 37.1 Å². The molecule has 0 bridgehead atoms. The number of piperidine rings is 1. The van der Waals surface area contributed by atoms with E-state index in [1.807, 2.05) is 18.4 Å². The SMILES string of the molecule is CC1CCCCN(C2CCN(c3ccc(N)cc3-c3ccoc3)CC2)CC1. The van der Waals surface area contributed by atoms with E-state index < -0.39 is 0 Å². The number of nitrogens with zero attached hydrogens (tertiary/aromatic N) is 2. The van der Waals surface area contributed by atoms with Crippen molar-refractivity contribution >= 4 is 11.4 Å². The van der Waals surface area contributed by atoms with E-state index in [0.29, 0.717) is 0 Å². The Kier molecular flexibility index (Phi) is 5.72.